The fraction of sp³-hybridized carbons (Fsp3) is 0.667. The predicted octanol–water partition coefficient (Wildman–Crippen LogP) is 3.20. The molecule has 0 amide bonds. The van der Waals surface area contributed by atoms with Gasteiger partial charge in [0.1, 0.15) is 5.76 Å². The summed E-state index contributed by atoms with van der Waals surface area (Å²) < 4.78 is 5.30. The van der Waals surface area contributed by atoms with Crippen LogP contribution in [0.5, 0.6) is 0 Å². The van der Waals surface area contributed by atoms with Crippen LogP contribution in [0.3, 0.4) is 0 Å². The predicted molar refractivity (Wildman–Crippen MR) is 64.1 cm³/mol. The standard InChI is InChI=1S/C12H19NOS/c1-8-9(5-7-14-8)15-10-4-6-12(2,3)11(10)13/h5,7,10-11H,4,6,13H2,1-3H3. The molecule has 1 saturated carbocycles. The lowest BCUT2D eigenvalue weighted by atomic mass is 9.88. The molecule has 84 valence electrons. The normalized spacial score (nSPS) is 29.6. The van der Waals surface area contributed by atoms with E-state index in [0.717, 1.165) is 5.76 Å². The third kappa shape index (κ3) is 2.08. The summed E-state index contributed by atoms with van der Waals surface area (Å²) in [4.78, 5) is 1.24. The van der Waals surface area contributed by atoms with E-state index in [1.54, 1.807) is 6.26 Å². The van der Waals surface area contributed by atoms with Crippen molar-refractivity contribution in [3.8, 4) is 0 Å². The van der Waals surface area contributed by atoms with Crippen LogP contribution in [0.25, 0.3) is 0 Å². The fourth-order valence-corrected chi connectivity index (χ4v) is 3.58. The Morgan fingerprint density at radius 2 is 2.27 bits per heavy atom. The van der Waals surface area contributed by atoms with Crippen molar-refractivity contribution in [2.75, 3.05) is 0 Å². The largest absolute Gasteiger partial charge is 0.468 e. The third-order valence-corrected chi connectivity index (χ3v) is 4.97. The lowest BCUT2D eigenvalue weighted by molar-refractivity contribution is 0.334. The molecule has 2 nitrogen and oxygen atoms in total. The summed E-state index contributed by atoms with van der Waals surface area (Å²) in [7, 11) is 0. The molecule has 1 heterocycles. The molecule has 2 N–H and O–H groups in total. The van der Waals surface area contributed by atoms with E-state index in [1.165, 1.54) is 17.7 Å². The summed E-state index contributed by atoms with van der Waals surface area (Å²) in [6.45, 7) is 6.54. The number of aryl methyl sites for hydroxylation is 1. The molecule has 1 aromatic rings. The monoisotopic (exact) mass is 225 g/mol. The number of furan rings is 1. The molecule has 2 rings (SSSR count). The Morgan fingerprint density at radius 3 is 2.73 bits per heavy atom. The molecule has 0 saturated heterocycles. The first-order valence-electron chi connectivity index (χ1n) is 5.47. The van der Waals surface area contributed by atoms with Crippen LogP contribution in [0.15, 0.2) is 21.6 Å². The Hall–Kier alpha value is -0.410. The summed E-state index contributed by atoms with van der Waals surface area (Å²) in [5, 5.41) is 0.538. The zero-order valence-corrected chi connectivity index (χ0v) is 10.4. The van der Waals surface area contributed by atoms with Crippen molar-refractivity contribution in [2.45, 2.75) is 49.8 Å². The zero-order valence-electron chi connectivity index (χ0n) is 9.62. The topological polar surface area (TPSA) is 39.2 Å². The minimum absolute atomic E-state index is 0.287. The first kappa shape index (κ1) is 11.1. The maximum atomic E-state index is 6.27. The van der Waals surface area contributed by atoms with Crippen LogP contribution in [-0.2, 0) is 0 Å². The van der Waals surface area contributed by atoms with Crippen LogP contribution in [0.2, 0.25) is 0 Å². The second-order valence-corrected chi connectivity index (χ2v) is 6.33. The van der Waals surface area contributed by atoms with Gasteiger partial charge < -0.3 is 10.2 Å². The van der Waals surface area contributed by atoms with E-state index < -0.39 is 0 Å². The average Bonchev–Trinajstić information content (AvgIpc) is 2.66. The molecular formula is C12H19NOS. The van der Waals surface area contributed by atoms with Gasteiger partial charge in [-0.25, -0.2) is 0 Å². The summed E-state index contributed by atoms with van der Waals surface area (Å²) in [5.41, 5.74) is 6.56. The Labute approximate surface area is 95.6 Å². The van der Waals surface area contributed by atoms with E-state index in [4.69, 9.17) is 10.2 Å². The smallest absolute Gasteiger partial charge is 0.114 e. The molecule has 1 aromatic heterocycles. The molecule has 0 radical (unpaired) electrons. The molecule has 15 heavy (non-hydrogen) atoms. The van der Waals surface area contributed by atoms with Crippen molar-refractivity contribution < 1.29 is 4.42 Å². The Bertz CT molecular complexity index is 345. The van der Waals surface area contributed by atoms with Crippen LogP contribution in [0.1, 0.15) is 32.4 Å². The van der Waals surface area contributed by atoms with Crippen LogP contribution in [0, 0.1) is 12.3 Å². The molecule has 1 aliphatic rings. The number of hydrogen-bond donors (Lipinski definition) is 1. The van der Waals surface area contributed by atoms with E-state index in [9.17, 15) is 0 Å². The molecule has 2 atom stereocenters. The Kier molecular flexibility index (Phi) is 2.86. The van der Waals surface area contributed by atoms with Crippen LogP contribution < -0.4 is 5.73 Å². The zero-order chi connectivity index (χ0) is 11.1. The molecule has 2 unspecified atom stereocenters. The average molecular weight is 225 g/mol. The van der Waals surface area contributed by atoms with Gasteiger partial charge in [0.15, 0.2) is 0 Å². The highest BCUT2D eigenvalue weighted by atomic mass is 32.2. The molecule has 1 fully saturated rings. The van der Waals surface area contributed by atoms with Crippen molar-refractivity contribution in [2.24, 2.45) is 11.1 Å². The number of nitrogens with two attached hydrogens (primary N) is 1. The van der Waals surface area contributed by atoms with Crippen molar-refractivity contribution in [1.82, 2.24) is 0 Å². The van der Waals surface area contributed by atoms with Crippen molar-refractivity contribution >= 4 is 11.8 Å². The van der Waals surface area contributed by atoms with Gasteiger partial charge in [-0.15, -0.1) is 11.8 Å². The van der Waals surface area contributed by atoms with Gasteiger partial charge in [-0.3, -0.25) is 0 Å². The van der Waals surface area contributed by atoms with Gasteiger partial charge in [-0.05, 0) is 31.2 Å². The Balaban J connectivity index is 2.06. The summed E-state index contributed by atoms with van der Waals surface area (Å²) in [6, 6.07) is 2.33. The van der Waals surface area contributed by atoms with Gasteiger partial charge in [0.05, 0.1) is 6.26 Å². The first-order valence-corrected chi connectivity index (χ1v) is 6.35. The van der Waals surface area contributed by atoms with Crippen molar-refractivity contribution in [1.29, 1.82) is 0 Å². The summed E-state index contributed by atoms with van der Waals surface area (Å²) in [5.74, 6) is 1.01. The van der Waals surface area contributed by atoms with Crippen LogP contribution >= 0.6 is 11.8 Å². The summed E-state index contributed by atoms with van der Waals surface area (Å²) in [6.07, 6.45) is 4.19. The van der Waals surface area contributed by atoms with Crippen LogP contribution in [0.4, 0.5) is 0 Å². The minimum Gasteiger partial charge on any atom is -0.468 e. The van der Waals surface area contributed by atoms with Gasteiger partial charge >= 0.3 is 0 Å². The van der Waals surface area contributed by atoms with Crippen molar-refractivity contribution in [3.05, 3.63) is 18.1 Å². The quantitative estimate of drug-likeness (QED) is 0.840. The van der Waals surface area contributed by atoms with E-state index in [1.807, 2.05) is 24.8 Å². The lowest BCUT2D eigenvalue weighted by Gasteiger charge is -2.26. The number of hydrogen-bond acceptors (Lipinski definition) is 3. The first-order chi connectivity index (χ1) is 7.00. The second-order valence-electron chi connectivity index (χ2n) is 5.05. The summed E-state index contributed by atoms with van der Waals surface area (Å²) >= 11 is 1.88. The number of thioether (sulfide) groups is 1. The molecule has 0 bridgehead atoms. The fourth-order valence-electron chi connectivity index (χ4n) is 2.15. The van der Waals surface area contributed by atoms with Gasteiger partial charge in [0, 0.05) is 16.2 Å². The minimum atomic E-state index is 0.287. The van der Waals surface area contributed by atoms with Gasteiger partial charge in [-0.2, -0.15) is 0 Å². The molecule has 0 aromatic carbocycles. The molecule has 1 aliphatic carbocycles. The maximum absolute atomic E-state index is 6.27. The van der Waals surface area contributed by atoms with Gasteiger partial charge in [-0.1, -0.05) is 13.8 Å². The van der Waals surface area contributed by atoms with Crippen molar-refractivity contribution in [3.63, 3.8) is 0 Å². The highest BCUT2D eigenvalue weighted by Crippen LogP contribution is 2.44. The van der Waals surface area contributed by atoms with Gasteiger partial charge in [0.25, 0.3) is 0 Å². The third-order valence-electron chi connectivity index (χ3n) is 3.47. The van der Waals surface area contributed by atoms with E-state index >= 15 is 0 Å². The van der Waals surface area contributed by atoms with Crippen LogP contribution in [-0.4, -0.2) is 11.3 Å². The molecular weight excluding hydrogens is 206 g/mol. The maximum Gasteiger partial charge on any atom is 0.114 e. The SMILES string of the molecule is Cc1occc1SC1CCC(C)(C)C1N. The van der Waals surface area contributed by atoms with E-state index in [0.29, 0.717) is 5.25 Å². The lowest BCUT2D eigenvalue weighted by Crippen LogP contribution is -2.38. The molecule has 0 aliphatic heterocycles. The van der Waals surface area contributed by atoms with E-state index in [-0.39, 0.29) is 11.5 Å². The number of rotatable bonds is 2. The van der Waals surface area contributed by atoms with Gasteiger partial charge in [0.2, 0.25) is 0 Å². The second kappa shape index (κ2) is 3.87. The highest BCUT2D eigenvalue weighted by Gasteiger charge is 2.40. The molecule has 3 heteroatoms. The van der Waals surface area contributed by atoms with E-state index in [2.05, 4.69) is 13.8 Å². The molecule has 0 spiro atoms. The Morgan fingerprint density at radius 1 is 1.53 bits per heavy atom. The highest BCUT2D eigenvalue weighted by molar-refractivity contribution is 8.00.